The Bertz CT molecular complexity index is 532. The van der Waals surface area contributed by atoms with Gasteiger partial charge in [-0.3, -0.25) is 9.78 Å². The summed E-state index contributed by atoms with van der Waals surface area (Å²) in [5.74, 6) is 0.451. The highest BCUT2D eigenvalue weighted by Crippen LogP contribution is 2.12. The first-order valence-electron chi connectivity index (χ1n) is 4.18. The number of rotatable bonds is 1. The second-order valence-corrected chi connectivity index (χ2v) is 2.94. The molecule has 0 amide bonds. The lowest BCUT2D eigenvalue weighted by Crippen LogP contribution is -2.11. The molecule has 2 rings (SSSR count). The van der Waals surface area contributed by atoms with E-state index < -0.39 is 0 Å². The lowest BCUT2D eigenvalue weighted by Gasteiger charge is -2.01. The van der Waals surface area contributed by atoms with Crippen LogP contribution in [0.15, 0.2) is 23.0 Å². The normalized spacial score (nSPS) is 10.4. The molecule has 0 saturated carbocycles. The molecule has 1 aromatic heterocycles. The van der Waals surface area contributed by atoms with E-state index in [0.717, 1.165) is 0 Å². The van der Waals surface area contributed by atoms with Crippen LogP contribution < -0.4 is 16.6 Å². The van der Waals surface area contributed by atoms with Crippen molar-refractivity contribution in [1.82, 2.24) is 9.97 Å². The highest BCUT2D eigenvalue weighted by molar-refractivity contribution is 5.81. The summed E-state index contributed by atoms with van der Waals surface area (Å²) in [6.45, 7) is 0. The van der Waals surface area contributed by atoms with Crippen LogP contribution in [0.5, 0.6) is 0 Å². The summed E-state index contributed by atoms with van der Waals surface area (Å²) in [7, 11) is 1.70. The van der Waals surface area contributed by atoms with Crippen molar-refractivity contribution in [2.45, 2.75) is 0 Å². The van der Waals surface area contributed by atoms with Crippen molar-refractivity contribution in [1.29, 1.82) is 0 Å². The van der Waals surface area contributed by atoms with Crippen molar-refractivity contribution < 1.29 is 0 Å². The number of benzene rings is 1. The van der Waals surface area contributed by atoms with Crippen molar-refractivity contribution in [3.8, 4) is 0 Å². The van der Waals surface area contributed by atoms with Gasteiger partial charge in [0.15, 0.2) is 0 Å². The molecule has 1 aromatic carbocycles. The second-order valence-electron chi connectivity index (χ2n) is 2.94. The number of H-pyrrole nitrogens is 1. The van der Waals surface area contributed by atoms with E-state index in [2.05, 4.69) is 15.3 Å². The molecule has 5 nitrogen and oxygen atoms in total. The monoisotopic (exact) mass is 190 g/mol. The van der Waals surface area contributed by atoms with Gasteiger partial charge in [-0.05, 0) is 18.2 Å². The van der Waals surface area contributed by atoms with E-state index in [0.29, 0.717) is 22.5 Å². The number of nitrogens with two attached hydrogens (primary N) is 1. The van der Waals surface area contributed by atoms with E-state index in [1.807, 2.05) is 0 Å². The fourth-order valence-electron chi connectivity index (χ4n) is 1.27. The maximum absolute atomic E-state index is 11.5. The van der Waals surface area contributed by atoms with Crippen molar-refractivity contribution in [2.75, 3.05) is 18.1 Å². The Kier molecular flexibility index (Phi) is 1.85. The Morgan fingerprint density at radius 3 is 3.00 bits per heavy atom. The minimum atomic E-state index is -0.188. The molecule has 1 heterocycles. The minimum Gasteiger partial charge on any atom is -0.399 e. The molecular weight excluding hydrogens is 180 g/mol. The number of nitrogen functional groups attached to an aromatic ring is 1. The quantitative estimate of drug-likeness (QED) is 0.573. The van der Waals surface area contributed by atoms with Crippen LogP contribution in [-0.4, -0.2) is 17.0 Å². The number of anilines is 2. The maximum atomic E-state index is 11.5. The molecule has 0 saturated heterocycles. The molecule has 2 aromatic rings. The molecule has 5 heteroatoms. The van der Waals surface area contributed by atoms with Crippen molar-refractivity contribution in [3.63, 3.8) is 0 Å². The lowest BCUT2D eigenvalue weighted by molar-refractivity contribution is 1.15. The van der Waals surface area contributed by atoms with Gasteiger partial charge in [0.1, 0.15) is 0 Å². The fraction of sp³-hybridized carbons (Fsp3) is 0.111. The first-order valence-corrected chi connectivity index (χ1v) is 4.18. The zero-order chi connectivity index (χ0) is 10.1. The third kappa shape index (κ3) is 1.28. The van der Waals surface area contributed by atoms with E-state index in [1.165, 1.54) is 0 Å². The number of hydrogen-bond donors (Lipinski definition) is 3. The third-order valence-electron chi connectivity index (χ3n) is 1.97. The topological polar surface area (TPSA) is 83.8 Å². The summed E-state index contributed by atoms with van der Waals surface area (Å²) in [5, 5.41) is 3.28. The smallest absolute Gasteiger partial charge is 0.260 e. The second kappa shape index (κ2) is 3.02. The molecule has 0 atom stereocenters. The van der Waals surface area contributed by atoms with E-state index in [1.54, 1.807) is 25.2 Å². The van der Waals surface area contributed by atoms with E-state index in [-0.39, 0.29) is 5.56 Å². The van der Waals surface area contributed by atoms with Gasteiger partial charge in [0.2, 0.25) is 5.95 Å². The SMILES string of the molecule is CNc1nc2ccc(N)cc2c(=O)[nH]1. The Morgan fingerprint density at radius 1 is 1.50 bits per heavy atom. The van der Waals surface area contributed by atoms with E-state index in [9.17, 15) is 4.79 Å². The molecule has 0 aliphatic rings. The number of fused-ring (bicyclic) bond motifs is 1. The van der Waals surface area contributed by atoms with Crippen LogP contribution in [0.4, 0.5) is 11.6 Å². The van der Waals surface area contributed by atoms with Gasteiger partial charge in [-0.1, -0.05) is 0 Å². The molecule has 72 valence electrons. The molecule has 4 N–H and O–H groups in total. The van der Waals surface area contributed by atoms with Gasteiger partial charge in [-0.25, -0.2) is 4.98 Å². The Balaban J connectivity index is 2.83. The van der Waals surface area contributed by atoms with Gasteiger partial charge < -0.3 is 11.1 Å². The number of aromatic nitrogens is 2. The van der Waals surface area contributed by atoms with Crippen LogP contribution in [0.25, 0.3) is 10.9 Å². The summed E-state index contributed by atoms with van der Waals surface area (Å²) < 4.78 is 0. The Labute approximate surface area is 80.0 Å². The molecular formula is C9H10N4O. The van der Waals surface area contributed by atoms with E-state index in [4.69, 9.17) is 5.73 Å². The molecule has 0 unspecified atom stereocenters. The lowest BCUT2D eigenvalue weighted by atomic mass is 10.2. The van der Waals surface area contributed by atoms with Crippen molar-refractivity contribution in [2.24, 2.45) is 0 Å². The van der Waals surface area contributed by atoms with Gasteiger partial charge in [0.25, 0.3) is 5.56 Å². The molecule has 0 radical (unpaired) electrons. The highest BCUT2D eigenvalue weighted by Gasteiger charge is 2.02. The molecule has 0 aliphatic heterocycles. The number of hydrogen-bond acceptors (Lipinski definition) is 4. The highest BCUT2D eigenvalue weighted by atomic mass is 16.1. The Hall–Kier alpha value is -2.04. The van der Waals surface area contributed by atoms with Gasteiger partial charge in [0, 0.05) is 12.7 Å². The average Bonchev–Trinajstić information content (AvgIpc) is 2.19. The van der Waals surface area contributed by atoms with Crippen molar-refractivity contribution >= 4 is 22.5 Å². The van der Waals surface area contributed by atoms with Crippen molar-refractivity contribution in [3.05, 3.63) is 28.6 Å². The summed E-state index contributed by atoms with van der Waals surface area (Å²) in [5.41, 5.74) is 6.57. The summed E-state index contributed by atoms with van der Waals surface area (Å²) >= 11 is 0. The number of nitrogens with zero attached hydrogens (tertiary/aromatic N) is 1. The summed E-state index contributed by atoms with van der Waals surface area (Å²) in [6.07, 6.45) is 0. The average molecular weight is 190 g/mol. The van der Waals surface area contributed by atoms with Crippen LogP contribution in [0.1, 0.15) is 0 Å². The largest absolute Gasteiger partial charge is 0.399 e. The number of aromatic amines is 1. The summed E-state index contributed by atoms with van der Waals surface area (Å²) in [4.78, 5) is 18.3. The van der Waals surface area contributed by atoms with Crippen LogP contribution >= 0.6 is 0 Å². The third-order valence-corrected chi connectivity index (χ3v) is 1.97. The molecule has 0 fully saturated rings. The van der Waals surface area contributed by atoms with Gasteiger partial charge in [-0.2, -0.15) is 0 Å². The first kappa shape index (κ1) is 8.55. The summed E-state index contributed by atoms with van der Waals surface area (Å²) in [6, 6.07) is 5.05. The first-order chi connectivity index (χ1) is 6.70. The predicted molar refractivity (Wildman–Crippen MR) is 56.3 cm³/mol. The molecule has 0 bridgehead atoms. The fourth-order valence-corrected chi connectivity index (χ4v) is 1.27. The zero-order valence-electron chi connectivity index (χ0n) is 7.66. The van der Waals surface area contributed by atoms with Crippen LogP contribution in [0.2, 0.25) is 0 Å². The zero-order valence-corrected chi connectivity index (χ0v) is 7.66. The number of nitrogens with one attached hydrogen (secondary N) is 2. The Morgan fingerprint density at radius 2 is 2.29 bits per heavy atom. The van der Waals surface area contributed by atoms with Gasteiger partial charge in [-0.15, -0.1) is 0 Å². The minimum absolute atomic E-state index is 0.188. The van der Waals surface area contributed by atoms with Crippen LogP contribution in [0, 0.1) is 0 Å². The van der Waals surface area contributed by atoms with E-state index >= 15 is 0 Å². The van der Waals surface area contributed by atoms with Crippen LogP contribution in [0.3, 0.4) is 0 Å². The molecule has 14 heavy (non-hydrogen) atoms. The molecule has 0 aliphatic carbocycles. The maximum Gasteiger partial charge on any atom is 0.260 e. The van der Waals surface area contributed by atoms with Gasteiger partial charge >= 0.3 is 0 Å². The standard InChI is InChI=1S/C9H10N4O/c1-11-9-12-7-3-2-5(10)4-6(7)8(14)13-9/h2-4H,10H2,1H3,(H2,11,12,13,14). The van der Waals surface area contributed by atoms with Gasteiger partial charge in [0.05, 0.1) is 10.9 Å². The predicted octanol–water partition coefficient (Wildman–Crippen LogP) is 0.547. The van der Waals surface area contributed by atoms with Crippen LogP contribution in [-0.2, 0) is 0 Å². The molecule has 0 spiro atoms.